The van der Waals surface area contributed by atoms with Gasteiger partial charge in [-0.25, -0.2) is 4.98 Å². The van der Waals surface area contributed by atoms with E-state index in [2.05, 4.69) is 50.5 Å². The first kappa shape index (κ1) is 23.2. The largest absolute Gasteiger partial charge is 0.352 e. The second kappa shape index (κ2) is 11.2. The van der Waals surface area contributed by atoms with Gasteiger partial charge in [0.15, 0.2) is 0 Å². The molecule has 1 saturated heterocycles. The fraction of sp³-hybridized carbons (Fsp3) is 0.364. The SMILES string of the molecule is Cl.Cl.O=C(CCC1CCNC1)NCc1cccc(Cn2cnc3ccccc32)c1. The molecular formula is C22H28Cl2N4O. The van der Waals surface area contributed by atoms with Gasteiger partial charge in [0.1, 0.15) is 0 Å². The average Bonchev–Trinajstić information content (AvgIpc) is 3.35. The number of rotatable bonds is 7. The molecule has 2 heterocycles. The lowest BCUT2D eigenvalue weighted by Crippen LogP contribution is -2.23. The number of halogens is 2. The second-order valence-electron chi connectivity index (χ2n) is 7.36. The summed E-state index contributed by atoms with van der Waals surface area (Å²) in [5, 5.41) is 6.41. The Morgan fingerprint density at radius 1 is 1.14 bits per heavy atom. The van der Waals surface area contributed by atoms with E-state index >= 15 is 0 Å². The Balaban J connectivity index is 0.00000150. The first-order valence-corrected chi connectivity index (χ1v) is 9.73. The summed E-state index contributed by atoms with van der Waals surface area (Å²) in [7, 11) is 0. The number of benzene rings is 2. The highest BCUT2D eigenvalue weighted by Crippen LogP contribution is 2.16. The minimum Gasteiger partial charge on any atom is -0.352 e. The summed E-state index contributed by atoms with van der Waals surface area (Å²) in [6, 6.07) is 16.6. The highest BCUT2D eigenvalue weighted by Gasteiger charge is 2.15. The quantitative estimate of drug-likeness (QED) is 0.591. The molecule has 0 saturated carbocycles. The highest BCUT2D eigenvalue weighted by molar-refractivity contribution is 5.85. The van der Waals surface area contributed by atoms with Crippen molar-refractivity contribution in [3.05, 3.63) is 66.0 Å². The summed E-state index contributed by atoms with van der Waals surface area (Å²) in [6.45, 7) is 3.50. The van der Waals surface area contributed by atoms with Crippen LogP contribution in [0.2, 0.25) is 0 Å². The first-order chi connectivity index (χ1) is 13.3. The Morgan fingerprint density at radius 3 is 2.79 bits per heavy atom. The zero-order valence-electron chi connectivity index (χ0n) is 16.3. The number of carbonyl (C=O) groups excluding carboxylic acids is 1. The third-order valence-corrected chi connectivity index (χ3v) is 5.30. The molecule has 0 spiro atoms. The fourth-order valence-corrected chi connectivity index (χ4v) is 3.76. The van der Waals surface area contributed by atoms with E-state index in [9.17, 15) is 4.79 Å². The minimum absolute atomic E-state index is 0. The second-order valence-corrected chi connectivity index (χ2v) is 7.36. The van der Waals surface area contributed by atoms with E-state index in [1.165, 1.54) is 12.0 Å². The van der Waals surface area contributed by atoms with Gasteiger partial charge in [-0.2, -0.15) is 0 Å². The Morgan fingerprint density at radius 2 is 1.97 bits per heavy atom. The molecule has 1 amide bonds. The summed E-state index contributed by atoms with van der Waals surface area (Å²) < 4.78 is 2.16. The molecule has 2 aromatic carbocycles. The van der Waals surface area contributed by atoms with Crippen LogP contribution in [0.4, 0.5) is 0 Å². The molecule has 0 aliphatic carbocycles. The number of carbonyl (C=O) groups is 1. The van der Waals surface area contributed by atoms with Gasteiger partial charge in [-0.3, -0.25) is 4.79 Å². The number of nitrogens with one attached hydrogen (secondary N) is 2. The van der Waals surface area contributed by atoms with Crippen LogP contribution >= 0.6 is 24.8 Å². The number of amides is 1. The van der Waals surface area contributed by atoms with Gasteiger partial charge < -0.3 is 15.2 Å². The maximum absolute atomic E-state index is 12.1. The predicted octanol–water partition coefficient (Wildman–Crippen LogP) is 3.93. The van der Waals surface area contributed by atoms with Gasteiger partial charge in [0.25, 0.3) is 0 Å². The zero-order valence-corrected chi connectivity index (χ0v) is 18.0. The lowest BCUT2D eigenvalue weighted by molar-refractivity contribution is -0.121. The molecule has 0 radical (unpaired) electrons. The Hall–Kier alpha value is -2.08. The van der Waals surface area contributed by atoms with Crippen molar-refractivity contribution in [1.82, 2.24) is 20.2 Å². The molecule has 1 aliphatic rings. The monoisotopic (exact) mass is 434 g/mol. The molecule has 29 heavy (non-hydrogen) atoms. The lowest BCUT2D eigenvalue weighted by Gasteiger charge is -2.10. The van der Waals surface area contributed by atoms with E-state index in [1.54, 1.807) is 0 Å². The Bertz CT molecular complexity index is 922. The first-order valence-electron chi connectivity index (χ1n) is 9.73. The molecule has 7 heteroatoms. The van der Waals surface area contributed by atoms with Crippen LogP contribution in [-0.4, -0.2) is 28.5 Å². The number of nitrogens with zero attached hydrogens (tertiary/aromatic N) is 2. The normalized spacial score (nSPS) is 15.5. The van der Waals surface area contributed by atoms with Crippen LogP contribution < -0.4 is 10.6 Å². The van der Waals surface area contributed by atoms with Gasteiger partial charge in [-0.05, 0) is 55.1 Å². The molecule has 0 bridgehead atoms. The van der Waals surface area contributed by atoms with Crippen molar-refractivity contribution in [2.24, 2.45) is 5.92 Å². The number of imidazole rings is 1. The van der Waals surface area contributed by atoms with Gasteiger partial charge in [-0.15, -0.1) is 24.8 Å². The minimum atomic E-state index is 0. The summed E-state index contributed by atoms with van der Waals surface area (Å²) in [6.07, 6.45) is 4.68. The van der Waals surface area contributed by atoms with Gasteiger partial charge >= 0.3 is 0 Å². The molecule has 1 unspecified atom stereocenters. The maximum Gasteiger partial charge on any atom is 0.220 e. The van der Waals surface area contributed by atoms with Gasteiger partial charge in [0.05, 0.1) is 17.4 Å². The molecule has 1 atom stereocenters. The van der Waals surface area contributed by atoms with Gasteiger partial charge in [0, 0.05) is 19.5 Å². The predicted molar refractivity (Wildman–Crippen MR) is 122 cm³/mol. The number of hydrogen-bond acceptors (Lipinski definition) is 3. The molecule has 3 aromatic rings. The van der Waals surface area contributed by atoms with Crippen molar-refractivity contribution >= 4 is 41.8 Å². The topological polar surface area (TPSA) is 59.0 Å². The highest BCUT2D eigenvalue weighted by atomic mass is 35.5. The zero-order chi connectivity index (χ0) is 18.5. The molecule has 1 aliphatic heterocycles. The van der Waals surface area contributed by atoms with Crippen molar-refractivity contribution in [1.29, 1.82) is 0 Å². The smallest absolute Gasteiger partial charge is 0.220 e. The fourth-order valence-electron chi connectivity index (χ4n) is 3.76. The van der Waals surface area contributed by atoms with E-state index < -0.39 is 0 Å². The average molecular weight is 435 g/mol. The Kier molecular flexibility index (Phi) is 8.96. The van der Waals surface area contributed by atoms with Crippen LogP contribution in [0.15, 0.2) is 54.9 Å². The van der Waals surface area contributed by atoms with Crippen LogP contribution in [-0.2, 0) is 17.9 Å². The third kappa shape index (κ3) is 6.20. The van der Waals surface area contributed by atoms with Crippen LogP contribution in [0.1, 0.15) is 30.4 Å². The molecule has 1 fully saturated rings. The van der Waals surface area contributed by atoms with Crippen molar-refractivity contribution in [3.8, 4) is 0 Å². The van der Waals surface area contributed by atoms with E-state index in [1.807, 2.05) is 24.5 Å². The lowest BCUT2D eigenvalue weighted by atomic mass is 10.0. The van der Waals surface area contributed by atoms with Crippen LogP contribution in [0.25, 0.3) is 11.0 Å². The molecule has 5 nitrogen and oxygen atoms in total. The van der Waals surface area contributed by atoms with Gasteiger partial charge in [0.2, 0.25) is 5.91 Å². The molecular weight excluding hydrogens is 407 g/mol. The van der Waals surface area contributed by atoms with Crippen LogP contribution in [0, 0.1) is 5.92 Å². The summed E-state index contributed by atoms with van der Waals surface area (Å²) in [5.74, 6) is 0.803. The molecule has 156 valence electrons. The molecule has 2 N–H and O–H groups in total. The number of hydrogen-bond donors (Lipinski definition) is 2. The number of fused-ring (bicyclic) bond motifs is 1. The summed E-state index contributed by atoms with van der Waals surface area (Å²) in [5.41, 5.74) is 4.49. The van der Waals surface area contributed by atoms with Crippen molar-refractivity contribution < 1.29 is 4.79 Å². The van der Waals surface area contributed by atoms with Gasteiger partial charge in [-0.1, -0.05) is 36.4 Å². The standard InChI is InChI=1S/C22H26N4O.2ClH/c27-22(9-8-17-10-11-23-13-17)24-14-18-4-3-5-19(12-18)15-26-16-25-20-6-1-2-7-21(20)26;;/h1-7,12,16-17,23H,8-11,13-15H2,(H,24,27);2*1H. The maximum atomic E-state index is 12.1. The molecule has 1 aromatic heterocycles. The van der Waals surface area contributed by atoms with E-state index in [4.69, 9.17) is 0 Å². The van der Waals surface area contributed by atoms with Crippen LogP contribution in [0.3, 0.4) is 0 Å². The van der Waals surface area contributed by atoms with E-state index in [0.29, 0.717) is 18.9 Å². The van der Waals surface area contributed by atoms with Crippen molar-refractivity contribution in [2.45, 2.75) is 32.4 Å². The van der Waals surface area contributed by atoms with E-state index in [0.717, 1.165) is 42.7 Å². The van der Waals surface area contributed by atoms with Crippen molar-refractivity contribution in [2.75, 3.05) is 13.1 Å². The number of aromatic nitrogens is 2. The summed E-state index contributed by atoms with van der Waals surface area (Å²) >= 11 is 0. The van der Waals surface area contributed by atoms with E-state index in [-0.39, 0.29) is 30.7 Å². The Labute approximate surface area is 184 Å². The third-order valence-electron chi connectivity index (χ3n) is 5.30. The molecule has 4 rings (SSSR count). The van der Waals surface area contributed by atoms with Crippen molar-refractivity contribution in [3.63, 3.8) is 0 Å². The summed E-state index contributed by atoms with van der Waals surface area (Å²) in [4.78, 5) is 16.6. The van der Waals surface area contributed by atoms with Crippen LogP contribution in [0.5, 0.6) is 0 Å². The number of para-hydroxylation sites is 2.